The molecule has 0 fully saturated rings. The molecular weight excluding hydrogens is 169 g/mol. The van der Waals surface area contributed by atoms with Crippen LogP contribution in [0.3, 0.4) is 0 Å². The van der Waals surface area contributed by atoms with E-state index in [4.69, 9.17) is 4.52 Å². The van der Waals surface area contributed by atoms with Crippen molar-refractivity contribution in [3.05, 3.63) is 17.3 Å². The van der Waals surface area contributed by atoms with Crippen LogP contribution < -0.4 is 0 Å². The van der Waals surface area contributed by atoms with Crippen molar-refractivity contribution >= 4 is 24.3 Å². The molecule has 40 valence electrons. The van der Waals surface area contributed by atoms with Crippen LogP contribution in [0.25, 0.3) is 9.78 Å². The number of hydrogen-bond acceptors (Lipinski definition) is 2. The Hall–Kier alpha value is -0.531. The third-order valence-corrected chi connectivity index (χ3v) is 2.73. The van der Waals surface area contributed by atoms with E-state index < -0.39 is 0 Å². The van der Waals surface area contributed by atoms with Gasteiger partial charge >= 0.3 is 51.2 Å². The molecule has 3 heteroatoms. The Morgan fingerprint density at radius 3 is 3.50 bits per heavy atom. The van der Waals surface area contributed by atoms with Gasteiger partial charge in [-0.1, -0.05) is 0 Å². The molecule has 2 aromatic heterocycles. The summed E-state index contributed by atoms with van der Waals surface area (Å²) in [6, 6.07) is 2.00. The molecule has 2 aromatic rings. The van der Waals surface area contributed by atoms with Crippen LogP contribution in [0.2, 0.25) is 0 Å². The third-order valence-electron chi connectivity index (χ3n) is 0.984. The quantitative estimate of drug-likeness (QED) is 0.551. The van der Waals surface area contributed by atoms with E-state index in [0.717, 1.165) is 5.52 Å². The SMILES string of the molecule is c1cc2nocc2[se]1. The molecule has 2 rings (SSSR count). The van der Waals surface area contributed by atoms with Crippen LogP contribution in [0.1, 0.15) is 0 Å². The van der Waals surface area contributed by atoms with Crippen LogP contribution >= 0.6 is 0 Å². The van der Waals surface area contributed by atoms with E-state index in [0.29, 0.717) is 14.5 Å². The minimum atomic E-state index is 0.495. The van der Waals surface area contributed by atoms with Gasteiger partial charge < -0.3 is 0 Å². The summed E-state index contributed by atoms with van der Waals surface area (Å²) in [6.07, 6.45) is 1.72. The van der Waals surface area contributed by atoms with Crippen molar-refractivity contribution in [2.45, 2.75) is 0 Å². The Morgan fingerprint density at radius 2 is 2.62 bits per heavy atom. The van der Waals surface area contributed by atoms with Crippen LogP contribution in [0.4, 0.5) is 0 Å². The molecule has 0 aliphatic carbocycles. The van der Waals surface area contributed by atoms with E-state index >= 15 is 0 Å². The van der Waals surface area contributed by atoms with Crippen molar-refractivity contribution in [2.24, 2.45) is 0 Å². The van der Waals surface area contributed by atoms with Gasteiger partial charge in [-0.25, -0.2) is 0 Å². The van der Waals surface area contributed by atoms with Gasteiger partial charge in [0.25, 0.3) is 0 Å². The van der Waals surface area contributed by atoms with Gasteiger partial charge in [0, 0.05) is 0 Å². The van der Waals surface area contributed by atoms with Crippen molar-refractivity contribution in [3.8, 4) is 0 Å². The fraction of sp³-hybridized carbons (Fsp3) is 0. The first kappa shape index (κ1) is 4.36. The molecule has 0 aliphatic rings. The Balaban J connectivity index is 3.06. The molecule has 0 N–H and O–H groups in total. The van der Waals surface area contributed by atoms with Gasteiger partial charge in [-0.2, -0.15) is 0 Å². The fourth-order valence-electron chi connectivity index (χ4n) is 0.609. The number of fused-ring (bicyclic) bond motifs is 1. The molecule has 0 atom stereocenters. The Bertz CT molecular complexity index is 234. The number of hydrogen-bond donors (Lipinski definition) is 0. The Kier molecular flexibility index (Phi) is 0.801. The van der Waals surface area contributed by atoms with Crippen molar-refractivity contribution in [1.29, 1.82) is 0 Å². The summed E-state index contributed by atoms with van der Waals surface area (Å²) in [5.74, 6) is 0. The fourth-order valence-corrected chi connectivity index (χ4v) is 2.01. The molecule has 0 bridgehead atoms. The molecule has 0 saturated heterocycles. The zero-order chi connectivity index (χ0) is 5.40. The first-order valence-electron chi connectivity index (χ1n) is 2.24. The molecule has 2 nitrogen and oxygen atoms in total. The summed E-state index contributed by atoms with van der Waals surface area (Å²) in [5, 5.41) is 3.75. The van der Waals surface area contributed by atoms with Gasteiger partial charge in [-0.3, -0.25) is 0 Å². The normalized spacial score (nSPS) is 10.5. The predicted octanol–water partition coefficient (Wildman–Crippen LogP) is 0.885. The van der Waals surface area contributed by atoms with E-state index in [-0.39, 0.29) is 0 Å². The Morgan fingerprint density at radius 1 is 1.62 bits per heavy atom. The van der Waals surface area contributed by atoms with E-state index in [1.54, 1.807) is 6.26 Å². The second-order valence-electron chi connectivity index (χ2n) is 1.48. The van der Waals surface area contributed by atoms with Crippen LogP contribution in [0.15, 0.2) is 21.8 Å². The molecule has 0 amide bonds. The first-order chi connectivity index (χ1) is 3.97. The van der Waals surface area contributed by atoms with E-state index in [1.807, 2.05) is 6.07 Å². The maximum absolute atomic E-state index is 4.70. The molecule has 0 aromatic carbocycles. The summed E-state index contributed by atoms with van der Waals surface area (Å²) in [6.45, 7) is 0. The van der Waals surface area contributed by atoms with Crippen molar-refractivity contribution in [3.63, 3.8) is 0 Å². The molecule has 8 heavy (non-hydrogen) atoms. The van der Waals surface area contributed by atoms with Gasteiger partial charge in [0.15, 0.2) is 0 Å². The average molecular weight is 172 g/mol. The molecule has 0 saturated carbocycles. The maximum atomic E-state index is 4.70. The van der Waals surface area contributed by atoms with Gasteiger partial charge in [-0.15, -0.1) is 0 Å². The van der Waals surface area contributed by atoms with Gasteiger partial charge in [0.2, 0.25) is 0 Å². The van der Waals surface area contributed by atoms with Gasteiger partial charge in [0.1, 0.15) is 0 Å². The third kappa shape index (κ3) is 0.457. The standard InChI is InChI=1S/C5H3NOSe/c1-2-8-5-3-7-6-4(1)5/h1-3H. The molecule has 0 spiro atoms. The van der Waals surface area contributed by atoms with E-state index in [9.17, 15) is 0 Å². The molecule has 2 heterocycles. The number of nitrogens with zero attached hydrogens (tertiary/aromatic N) is 1. The number of aromatic nitrogens is 1. The first-order valence-corrected chi connectivity index (χ1v) is 4.09. The monoisotopic (exact) mass is 173 g/mol. The topological polar surface area (TPSA) is 26.0 Å². The summed E-state index contributed by atoms with van der Waals surface area (Å²) < 4.78 is 5.96. The average Bonchev–Trinajstić information content (AvgIpc) is 2.15. The molecule has 0 unspecified atom stereocenters. The summed E-state index contributed by atoms with van der Waals surface area (Å²) in [5.41, 5.74) is 1.02. The molecular formula is C5H3NOSe. The summed E-state index contributed by atoms with van der Waals surface area (Å²) >= 11 is 0.495. The van der Waals surface area contributed by atoms with Crippen LogP contribution in [0, 0.1) is 0 Å². The second-order valence-corrected chi connectivity index (χ2v) is 3.47. The van der Waals surface area contributed by atoms with E-state index in [1.165, 1.54) is 4.26 Å². The number of rotatable bonds is 0. The van der Waals surface area contributed by atoms with Crippen LogP contribution in [0.5, 0.6) is 0 Å². The van der Waals surface area contributed by atoms with Crippen LogP contribution in [-0.4, -0.2) is 19.7 Å². The van der Waals surface area contributed by atoms with E-state index in [2.05, 4.69) is 10.1 Å². The van der Waals surface area contributed by atoms with Crippen molar-refractivity contribution in [1.82, 2.24) is 5.16 Å². The predicted molar refractivity (Wildman–Crippen MR) is 30.9 cm³/mol. The zero-order valence-electron chi connectivity index (χ0n) is 4.00. The van der Waals surface area contributed by atoms with Gasteiger partial charge in [0.05, 0.1) is 0 Å². The zero-order valence-corrected chi connectivity index (χ0v) is 5.71. The molecule has 0 aliphatic heterocycles. The van der Waals surface area contributed by atoms with Gasteiger partial charge in [-0.05, 0) is 0 Å². The Labute approximate surface area is 51.8 Å². The van der Waals surface area contributed by atoms with Crippen molar-refractivity contribution in [2.75, 3.05) is 0 Å². The molecule has 0 radical (unpaired) electrons. The minimum absolute atomic E-state index is 0.495. The summed E-state index contributed by atoms with van der Waals surface area (Å²) in [4.78, 5) is 2.14. The van der Waals surface area contributed by atoms with Crippen molar-refractivity contribution < 1.29 is 4.52 Å². The summed E-state index contributed by atoms with van der Waals surface area (Å²) in [7, 11) is 0. The van der Waals surface area contributed by atoms with Crippen LogP contribution in [-0.2, 0) is 0 Å². The second kappa shape index (κ2) is 1.47.